The van der Waals surface area contributed by atoms with E-state index in [2.05, 4.69) is 19.9 Å². The van der Waals surface area contributed by atoms with Crippen LogP contribution in [0.1, 0.15) is 61.9 Å². The minimum atomic E-state index is -3.65. The lowest BCUT2D eigenvalue weighted by molar-refractivity contribution is 0.0895. The predicted octanol–water partition coefficient (Wildman–Crippen LogP) is 4.01. The van der Waals surface area contributed by atoms with Gasteiger partial charge in [0.05, 0.1) is 35.6 Å². The summed E-state index contributed by atoms with van der Waals surface area (Å²) in [5, 5.41) is 17.8. The standard InChI is InChI=1S/C27H33N5O5S/c33-15-16-38(35,36)29-20-5-6-22(23(17-20)31-13-11-27(9-10-27)12-14-31)32-18-21(28-30-32)24-7-8-25(37-24)26(34)19-3-1-2-4-19/h5-8,17-19,29,33H,1-4,9-16H2. The molecular weight excluding hydrogens is 506 g/mol. The van der Waals surface area contributed by atoms with Crippen LogP contribution in [0.25, 0.3) is 17.1 Å². The van der Waals surface area contributed by atoms with Crippen molar-refractivity contribution in [3.05, 3.63) is 42.3 Å². The fourth-order valence-corrected chi connectivity index (χ4v) is 6.60. The fourth-order valence-electron chi connectivity index (χ4n) is 5.78. The second kappa shape index (κ2) is 9.85. The number of aliphatic hydroxyl groups is 1. The van der Waals surface area contributed by atoms with Gasteiger partial charge in [0.15, 0.2) is 11.5 Å². The van der Waals surface area contributed by atoms with Crippen LogP contribution < -0.4 is 9.62 Å². The third-order valence-electron chi connectivity index (χ3n) is 8.30. The molecule has 1 spiro atoms. The van der Waals surface area contributed by atoms with Crippen LogP contribution in [0.3, 0.4) is 0 Å². The summed E-state index contributed by atoms with van der Waals surface area (Å²) in [6.45, 7) is 1.31. The van der Waals surface area contributed by atoms with Crippen LogP contribution in [0.2, 0.25) is 0 Å². The molecule has 0 unspecified atom stereocenters. The van der Waals surface area contributed by atoms with Gasteiger partial charge in [-0.1, -0.05) is 18.1 Å². The summed E-state index contributed by atoms with van der Waals surface area (Å²) in [5.41, 5.74) is 3.08. The van der Waals surface area contributed by atoms with Gasteiger partial charge < -0.3 is 14.4 Å². The summed E-state index contributed by atoms with van der Waals surface area (Å²) >= 11 is 0. The number of furan rings is 1. The van der Waals surface area contributed by atoms with E-state index in [1.165, 1.54) is 12.8 Å². The average Bonchev–Trinajstić information content (AvgIpc) is 3.38. The summed E-state index contributed by atoms with van der Waals surface area (Å²) in [6, 6.07) is 8.81. The molecular formula is C27H33N5O5S. The van der Waals surface area contributed by atoms with Crippen molar-refractivity contribution in [2.45, 2.75) is 51.4 Å². The van der Waals surface area contributed by atoms with Crippen LogP contribution in [0.15, 0.2) is 40.9 Å². The molecule has 3 aliphatic rings. The van der Waals surface area contributed by atoms with Gasteiger partial charge in [0, 0.05) is 19.0 Å². The summed E-state index contributed by atoms with van der Waals surface area (Å²) in [4.78, 5) is 15.0. The fraction of sp³-hybridized carbons (Fsp3) is 0.519. The highest BCUT2D eigenvalue weighted by molar-refractivity contribution is 7.92. The molecule has 0 amide bonds. The van der Waals surface area contributed by atoms with Crippen molar-refractivity contribution in [3.8, 4) is 17.1 Å². The van der Waals surface area contributed by atoms with Crippen molar-refractivity contribution in [1.82, 2.24) is 15.0 Å². The number of aliphatic hydroxyl groups excluding tert-OH is 1. The smallest absolute Gasteiger partial charge is 0.234 e. The number of hydrogen-bond acceptors (Lipinski definition) is 8. The zero-order valence-electron chi connectivity index (χ0n) is 21.3. The number of benzene rings is 1. The first-order valence-electron chi connectivity index (χ1n) is 13.4. The van der Waals surface area contributed by atoms with Crippen molar-refractivity contribution >= 4 is 27.2 Å². The lowest BCUT2D eigenvalue weighted by Gasteiger charge is -2.35. The van der Waals surface area contributed by atoms with Crippen molar-refractivity contribution in [2.75, 3.05) is 35.1 Å². The molecule has 1 aromatic carbocycles. The number of hydrogen-bond donors (Lipinski definition) is 2. The molecule has 202 valence electrons. The number of Topliss-reactive ketones (excluding diaryl/α,β-unsaturated/α-hetero) is 1. The number of anilines is 2. The highest BCUT2D eigenvalue weighted by Gasteiger charge is 2.44. The monoisotopic (exact) mass is 539 g/mol. The van der Waals surface area contributed by atoms with Crippen LogP contribution in [0.4, 0.5) is 11.4 Å². The van der Waals surface area contributed by atoms with E-state index in [0.717, 1.165) is 63.0 Å². The van der Waals surface area contributed by atoms with E-state index in [-0.39, 0.29) is 17.5 Å². The molecule has 38 heavy (non-hydrogen) atoms. The van der Waals surface area contributed by atoms with Gasteiger partial charge in [0.2, 0.25) is 15.8 Å². The first-order valence-corrected chi connectivity index (χ1v) is 15.1. The van der Waals surface area contributed by atoms with E-state index in [0.29, 0.717) is 28.3 Å². The van der Waals surface area contributed by atoms with Gasteiger partial charge in [0.25, 0.3) is 0 Å². The number of carbonyl (C=O) groups is 1. The van der Waals surface area contributed by atoms with Gasteiger partial charge in [-0.2, -0.15) is 0 Å². The van der Waals surface area contributed by atoms with E-state index in [1.54, 1.807) is 29.1 Å². The minimum Gasteiger partial charge on any atom is -0.451 e. The van der Waals surface area contributed by atoms with Gasteiger partial charge in [-0.25, -0.2) is 13.1 Å². The van der Waals surface area contributed by atoms with Crippen LogP contribution in [0.5, 0.6) is 0 Å². The number of nitrogens with zero attached hydrogens (tertiary/aromatic N) is 4. The number of piperidine rings is 1. The largest absolute Gasteiger partial charge is 0.451 e. The molecule has 6 rings (SSSR count). The number of rotatable bonds is 9. The lowest BCUT2D eigenvalue weighted by Crippen LogP contribution is -2.35. The normalized spacial score (nSPS) is 19.2. The topological polar surface area (TPSA) is 131 Å². The highest BCUT2D eigenvalue weighted by atomic mass is 32.2. The molecule has 2 saturated carbocycles. The van der Waals surface area contributed by atoms with Crippen LogP contribution in [-0.2, 0) is 10.0 Å². The Morgan fingerprint density at radius 2 is 1.84 bits per heavy atom. The summed E-state index contributed by atoms with van der Waals surface area (Å²) in [6.07, 6.45) is 10.6. The van der Waals surface area contributed by atoms with Crippen LogP contribution in [-0.4, -0.2) is 59.8 Å². The third-order valence-corrected chi connectivity index (χ3v) is 9.56. The van der Waals surface area contributed by atoms with E-state index in [9.17, 15) is 13.2 Å². The third kappa shape index (κ3) is 5.09. The van der Waals surface area contributed by atoms with Gasteiger partial charge >= 0.3 is 0 Å². The molecule has 2 aliphatic carbocycles. The molecule has 11 heteroatoms. The summed E-state index contributed by atoms with van der Waals surface area (Å²) in [5.74, 6) is 0.586. The minimum absolute atomic E-state index is 0.0416. The quantitative estimate of drug-likeness (QED) is 0.390. The molecule has 2 N–H and O–H groups in total. The Labute approximate surface area is 222 Å². The average molecular weight is 540 g/mol. The van der Waals surface area contributed by atoms with E-state index >= 15 is 0 Å². The maximum atomic E-state index is 12.8. The molecule has 0 bridgehead atoms. The first kappa shape index (κ1) is 25.1. The van der Waals surface area contributed by atoms with Gasteiger partial charge in [-0.3, -0.25) is 9.52 Å². The Hall–Kier alpha value is -3.18. The maximum Gasteiger partial charge on any atom is 0.234 e. The zero-order valence-corrected chi connectivity index (χ0v) is 22.1. The van der Waals surface area contributed by atoms with E-state index in [1.807, 2.05) is 12.1 Å². The lowest BCUT2D eigenvalue weighted by atomic mass is 9.93. The molecule has 3 aromatic rings. The predicted molar refractivity (Wildman–Crippen MR) is 143 cm³/mol. The molecule has 10 nitrogen and oxygen atoms in total. The molecule has 0 radical (unpaired) electrons. The summed E-state index contributed by atoms with van der Waals surface area (Å²) < 4.78 is 34.7. The first-order chi connectivity index (χ1) is 18.3. The Kier molecular flexibility index (Phi) is 6.51. The molecule has 1 aliphatic heterocycles. The molecule has 0 atom stereocenters. The number of sulfonamides is 1. The number of ketones is 1. The molecule has 3 fully saturated rings. The van der Waals surface area contributed by atoms with Gasteiger partial charge in [-0.05, 0) is 74.3 Å². The number of carbonyl (C=O) groups excluding carboxylic acids is 1. The van der Waals surface area contributed by atoms with Crippen molar-refractivity contribution in [3.63, 3.8) is 0 Å². The SMILES string of the molecule is O=C(c1ccc(-c2cn(-c3ccc(NS(=O)(=O)CCO)cc3N3CCC4(CC3)CC4)nn2)o1)C1CCCC1. The molecule has 3 heterocycles. The second-order valence-electron chi connectivity index (χ2n) is 10.9. The molecule has 2 aromatic heterocycles. The highest BCUT2D eigenvalue weighted by Crippen LogP contribution is 2.54. The zero-order chi connectivity index (χ0) is 26.3. The van der Waals surface area contributed by atoms with Crippen LogP contribution >= 0.6 is 0 Å². The Bertz CT molecular complexity index is 1430. The Morgan fingerprint density at radius 1 is 1.08 bits per heavy atom. The van der Waals surface area contributed by atoms with Crippen molar-refractivity contribution in [1.29, 1.82) is 0 Å². The summed E-state index contributed by atoms with van der Waals surface area (Å²) in [7, 11) is -3.65. The van der Waals surface area contributed by atoms with Crippen molar-refractivity contribution in [2.24, 2.45) is 11.3 Å². The number of nitrogens with one attached hydrogen (secondary N) is 1. The number of aromatic nitrogens is 3. The Balaban J connectivity index is 1.28. The van der Waals surface area contributed by atoms with Crippen LogP contribution in [0, 0.1) is 11.3 Å². The molecule has 1 saturated heterocycles. The van der Waals surface area contributed by atoms with E-state index < -0.39 is 16.6 Å². The second-order valence-corrected chi connectivity index (χ2v) is 12.7. The van der Waals surface area contributed by atoms with E-state index in [4.69, 9.17) is 9.52 Å². The van der Waals surface area contributed by atoms with Gasteiger partial charge in [-0.15, -0.1) is 5.10 Å². The Morgan fingerprint density at radius 3 is 2.55 bits per heavy atom. The van der Waals surface area contributed by atoms with Crippen molar-refractivity contribution < 1.29 is 22.7 Å². The van der Waals surface area contributed by atoms with Gasteiger partial charge in [0.1, 0.15) is 5.69 Å². The maximum absolute atomic E-state index is 12.8.